The first-order valence-electron chi connectivity index (χ1n) is 7.53. The number of carbonyl (C=O) groups excluding carboxylic acids is 1. The fourth-order valence-electron chi connectivity index (χ4n) is 2.32. The van der Waals surface area contributed by atoms with Gasteiger partial charge in [0.2, 0.25) is 0 Å². The van der Waals surface area contributed by atoms with E-state index in [-0.39, 0.29) is 12.1 Å². The molecule has 0 spiro atoms. The van der Waals surface area contributed by atoms with Crippen molar-refractivity contribution in [3.63, 3.8) is 0 Å². The molecule has 24 heavy (non-hydrogen) atoms. The lowest BCUT2D eigenvalue weighted by molar-refractivity contribution is 0.247. The largest absolute Gasteiger partial charge is 0.333 e. The number of benzene rings is 1. The highest BCUT2D eigenvalue weighted by Gasteiger charge is 2.12. The molecule has 8 heteroatoms. The summed E-state index contributed by atoms with van der Waals surface area (Å²) in [7, 11) is 0. The molecule has 1 atom stereocenters. The van der Waals surface area contributed by atoms with Gasteiger partial charge in [-0.15, -0.1) is 0 Å². The number of hydrogen-bond acceptors (Lipinski definition) is 5. The highest BCUT2D eigenvalue weighted by Crippen LogP contribution is 2.30. The van der Waals surface area contributed by atoms with Crippen LogP contribution in [0.4, 0.5) is 9.93 Å². The molecule has 1 aromatic carbocycles. The SMILES string of the molecule is Cc1ccccc1-c1cnc(NC(=O)N[C@@H](C)Cn2cncn2)s1. The van der Waals surface area contributed by atoms with Crippen LogP contribution in [0.5, 0.6) is 0 Å². The van der Waals surface area contributed by atoms with Gasteiger partial charge in [-0.05, 0) is 25.0 Å². The van der Waals surface area contributed by atoms with Crippen LogP contribution >= 0.6 is 11.3 Å². The quantitative estimate of drug-likeness (QED) is 0.746. The van der Waals surface area contributed by atoms with Crippen LogP contribution in [0.15, 0.2) is 43.1 Å². The van der Waals surface area contributed by atoms with E-state index in [1.807, 2.05) is 25.1 Å². The lowest BCUT2D eigenvalue weighted by Crippen LogP contribution is -2.38. The fourth-order valence-corrected chi connectivity index (χ4v) is 3.22. The fraction of sp³-hybridized carbons (Fsp3) is 0.250. The number of thiazole rings is 1. The molecule has 0 unspecified atom stereocenters. The molecule has 3 rings (SSSR count). The monoisotopic (exact) mass is 342 g/mol. The van der Waals surface area contributed by atoms with E-state index >= 15 is 0 Å². The second-order valence-electron chi connectivity index (χ2n) is 5.46. The highest BCUT2D eigenvalue weighted by atomic mass is 32.1. The van der Waals surface area contributed by atoms with Crippen molar-refractivity contribution in [3.05, 3.63) is 48.7 Å². The van der Waals surface area contributed by atoms with E-state index in [0.29, 0.717) is 11.7 Å². The molecule has 2 amide bonds. The Morgan fingerprint density at radius 1 is 1.38 bits per heavy atom. The zero-order valence-corrected chi connectivity index (χ0v) is 14.2. The van der Waals surface area contributed by atoms with Gasteiger partial charge in [0, 0.05) is 12.2 Å². The van der Waals surface area contributed by atoms with Crippen molar-refractivity contribution in [1.29, 1.82) is 0 Å². The van der Waals surface area contributed by atoms with Gasteiger partial charge < -0.3 is 5.32 Å². The summed E-state index contributed by atoms with van der Waals surface area (Å²) in [5.41, 5.74) is 2.31. The van der Waals surface area contributed by atoms with E-state index in [2.05, 4.69) is 38.7 Å². The average Bonchev–Trinajstić information content (AvgIpc) is 3.19. The van der Waals surface area contributed by atoms with Crippen LogP contribution in [-0.4, -0.2) is 31.8 Å². The Hall–Kier alpha value is -2.74. The summed E-state index contributed by atoms with van der Waals surface area (Å²) in [6, 6.07) is 7.74. The molecular formula is C16H18N6OS. The summed E-state index contributed by atoms with van der Waals surface area (Å²) in [6.45, 7) is 4.52. The van der Waals surface area contributed by atoms with Crippen LogP contribution in [0.1, 0.15) is 12.5 Å². The Morgan fingerprint density at radius 3 is 2.96 bits per heavy atom. The lowest BCUT2D eigenvalue weighted by Gasteiger charge is -2.13. The minimum atomic E-state index is -0.284. The summed E-state index contributed by atoms with van der Waals surface area (Å²) in [5, 5.41) is 10.2. The molecular weight excluding hydrogens is 324 g/mol. The Balaban J connectivity index is 1.58. The van der Waals surface area contributed by atoms with Gasteiger partial charge in [-0.1, -0.05) is 35.6 Å². The van der Waals surface area contributed by atoms with Crippen molar-refractivity contribution in [2.75, 3.05) is 5.32 Å². The first-order chi connectivity index (χ1) is 11.6. The maximum Gasteiger partial charge on any atom is 0.321 e. The molecule has 0 bridgehead atoms. The molecule has 0 radical (unpaired) electrons. The Labute approximate surface area is 143 Å². The number of nitrogens with one attached hydrogen (secondary N) is 2. The van der Waals surface area contributed by atoms with Crippen molar-refractivity contribution in [3.8, 4) is 10.4 Å². The predicted octanol–water partition coefficient (Wildman–Crippen LogP) is 2.92. The minimum absolute atomic E-state index is 0.0810. The normalized spacial score (nSPS) is 11.9. The van der Waals surface area contributed by atoms with Crippen LogP contribution in [0, 0.1) is 6.92 Å². The molecule has 2 heterocycles. The second-order valence-corrected chi connectivity index (χ2v) is 6.49. The highest BCUT2D eigenvalue weighted by molar-refractivity contribution is 7.19. The summed E-state index contributed by atoms with van der Waals surface area (Å²) in [6.07, 6.45) is 4.86. The number of aryl methyl sites for hydroxylation is 1. The number of carbonyl (C=O) groups is 1. The number of hydrogen-bond donors (Lipinski definition) is 2. The van der Waals surface area contributed by atoms with Crippen molar-refractivity contribution < 1.29 is 4.79 Å². The van der Waals surface area contributed by atoms with Gasteiger partial charge in [0.05, 0.1) is 11.4 Å². The van der Waals surface area contributed by atoms with Gasteiger partial charge in [-0.25, -0.2) is 14.8 Å². The zero-order chi connectivity index (χ0) is 16.9. The molecule has 0 fully saturated rings. The van der Waals surface area contributed by atoms with E-state index in [4.69, 9.17) is 0 Å². The molecule has 2 N–H and O–H groups in total. The number of nitrogens with zero attached hydrogens (tertiary/aromatic N) is 4. The van der Waals surface area contributed by atoms with E-state index in [1.165, 1.54) is 23.2 Å². The lowest BCUT2D eigenvalue weighted by atomic mass is 10.1. The number of amides is 2. The Kier molecular flexibility index (Phi) is 4.85. The van der Waals surface area contributed by atoms with Crippen LogP contribution < -0.4 is 10.6 Å². The van der Waals surface area contributed by atoms with Crippen LogP contribution in [0.2, 0.25) is 0 Å². The second kappa shape index (κ2) is 7.22. The third-order valence-corrected chi connectivity index (χ3v) is 4.39. The van der Waals surface area contributed by atoms with Crippen molar-refractivity contribution in [2.24, 2.45) is 0 Å². The Bertz CT molecular complexity index is 814. The molecule has 2 aromatic heterocycles. The molecule has 3 aromatic rings. The predicted molar refractivity (Wildman–Crippen MR) is 93.9 cm³/mol. The molecule has 0 aliphatic heterocycles. The van der Waals surface area contributed by atoms with Gasteiger partial charge in [0.1, 0.15) is 12.7 Å². The van der Waals surface area contributed by atoms with Gasteiger partial charge in [0.15, 0.2) is 5.13 Å². The number of urea groups is 1. The molecule has 7 nitrogen and oxygen atoms in total. The third kappa shape index (κ3) is 3.96. The summed E-state index contributed by atoms with van der Waals surface area (Å²) in [4.78, 5) is 21.2. The number of aromatic nitrogens is 4. The molecule has 0 saturated heterocycles. The topological polar surface area (TPSA) is 84.7 Å². The van der Waals surface area contributed by atoms with Crippen LogP contribution in [-0.2, 0) is 6.54 Å². The van der Waals surface area contributed by atoms with Crippen LogP contribution in [0.3, 0.4) is 0 Å². The first kappa shape index (κ1) is 16.1. The minimum Gasteiger partial charge on any atom is -0.333 e. The molecule has 124 valence electrons. The zero-order valence-electron chi connectivity index (χ0n) is 13.4. The Morgan fingerprint density at radius 2 is 2.21 bits per heavy atom. The summed E-state index contributed by atoms with van der Waals surface area (Å²) < 4.78 is 1.67. The van der Waals surface area contributed by atoms with E-state index in [9.17, 15) is 4.79 Å². The summed E-state index contributed by atoms with van der Waals surface area (Å²) in [5.74, 6) is 0. The standard InChI is InChI=1S/C16H18N6OS/c1-11-5-3-4-6-13(11)14-7-18-16(24-14)21-15(23)20-12(2)8-22-10-17-9-19-22/h3-7,9-10,12H,8H2,1-2H3,(H2,18,20,21,23)/t12-/m0/s1. The van der Waals surface area contributed by atoms with Crippen molar-refractivity contribution >= 4 is 22.5 Å². The van der Waals surface area contributed by atoms with E-state index in [0.717, 1.165) is 10.4 Å². The van der Waals surface area contributed by atoms with E-state index < -0.39 is 0 Å². The van der Waals surface area contributed by atoms with Gasteiger partial charge in [-0.2, -0.15) is 5.10 Å². The van der Waals surface area contributed by atoms with Gasteiger partial charge in [-0.3, -0.25) is 10.00 Å². The first-order valence-corrected chi connectivity index (χ1v) is 8.35. The third-order valence-electron chi connectivity index (χ3n) is 3.44. The smallest absolute Gasteiger partial charge is 0.321 e. The van der Waals surface area contributed by atoms with Gasteiger partial charge >= 0.3 is 6.03 Å². The summed E-state index contributed by atoms with van der Waals surface area (Å²) >= 11 is 1.45. The van der Waals surface area contributed by atoms with Crippen LogP contribution in [0.25, 0.3) is 10.4 Å². The van der Waals surface area contributed by atoms with Crippen molar-refractivity contribution in [2.45, 2.75) is 26.4 Å². The maximum atomic E-state index is 12.1. The van der Waals surface area contributed by atoms with Gasteiger partial charge in [0.25, 0.3) is 0 Å². The molecule has 0 aliphatic rings. The molecule has 0 aliphatic carbocycles. The number of rotatable bonds is 5. The van der Waals surface area contributed by atoms with Crippen molar-refractivity contribution in [1.82, 2.24) is 25.1 Å². The van der Waals surface area contributed by atoms with E-state index in [1.54, 1.807) is 17.2 Å². The number of anilines is 1. The molecule has 0 saturated carbocycles. The maximum absolute atomic E-state index is 12.1. The average molecular weight is 342 g/mol.